The highest BCUT2D eigenvalue weighted by atomic mass is 19.4. The molecule has 0 fully saturated rings. The van der Waals surface area contributed by atoms with E-state index in [1.165, 1.54) is 6.08 Å². The molecule has 0 amide bonds. The van der Waals surface area contributed by atoms with Crippen LogP contribution in [0.1, 0.15) is 52.4 Å². The SMILES string of the molecule is CCC(C)C=C(/C=C(\C(C)=O)C(F)(F)F)c1cc(C(F)(F)F)nn1CC(C)(C)N. The summed E-state index contributed by atoms with van der Waals surface area (Å²) in [6, 6.07) is 0.671. The number of carbonyl (C=O) groups is 1. The molecule has 0 aliphatic carbocycles. The maximum Gasteiger partial charge on any atom is 0.435 e. The van der Waals surface area contributed by atoms with E-state index in [4.69, 9.17) is 5.73 Å². The summed E-state index contributed by atoms with van der Waals surface area (Å²) in [5.74, 6) is -1.50. The number of hydrogen-bond donors (Lipinski definition) is 1. The molecule has 1 aromatic heterocycles. The Kier molecular flexibility index (Phi) is 7.50. The zero-order valence-corrected chi connectivity index (χ0v) is 16.9. The van der Waals surface area contributed by atoms with Crippen molar-refractivity contribution in [3.8, 4) is 0 Å². The van der Waals surface area contributed by atoms with Gasteiger partial charge in [0.25, 0.3) is 0 Å². The first-order valence-electron chi connectivity index (χ1n) is 8.91. The standard InChI is InChI=1S/C19H25F6N3O/c1-6-11(2)7-13(8-14(12(3)29)18(20,21)22)15-9-16(19(23,24)25)27-28(15)10-17(4,5)26/h7-9,11H,6,10,26H2,1-5H3/b13-7?,14-8+. The molecule has 0 aromatic carbocycles. The van der Waals surface area contributed by atoms with Gasteiger partial charge in [0.1, 0.15) is 0 Å². The number of nitrogens with zero attached hydrogens (tertiary/aromatic N) is 2. The van der Waals surface area contributed by atoms with Crippen molar-refractivity contribution in [1.82, 2.24) is 9.78 Å². The fraction of sp³-hybridized carbons (Fsp3) is 0.579. The van der Waals surface area contributed by atoms with E-state index in [0.717, 1.165) is 11.6 Å². The number of halogens is 6. The minimum atomic E-state index is -4.95. The molecule has 0 radical (unpaired) electrons. The molecule has 1 rings (SSSR count). The third-order valence-electron chi connectivity index (χ3n) is 4.02. The molecule has 0 saturated heterocycles. The maximum absolute atomic E-state index is 13.3. The molecule has 10 heteroatoms. The second-order valence-corrected chi connectivity index (χ2v) is 7.68. The van der Waals surface area contributed by atoms with Gasteiger partial charge in [0.15, 0.2) is 11.5 Å². The first-order chi connectivity index (χ1) is 13.0. The van der Waals surface area contributed by atoms with E-state index < -0.39 is 34.9 Å². The van der Waals surface area contributed by atoms with Crippen LogP contribution in [0.4, 0.5) is 26.3 Å². The van der Waals surface area contributed by atoms with Crippen molar-refractivity contribution < 1.29 is 31.1 Å². The Morgan fingerprint density at radius 2 is 1.79 bits per heavy atom. The van der Waals surface area contributed by atoms with Crippen molar-refractivity contribution in [1.29, 1.82) is 0 Å². The lowest BCUT2D eigenvalue weighted by Gasteiger charge is -2.21. The topological polar surface area (TPSA) is 60.9 Å². The lowest BCUT2D eigenvalue weighted by atomic mass is 9.98. The van der Waals surface area contributed by atoms with E-state index in [1.807, 2.05) is 0 Å². The van der Waals surface area contributed by atoms with E-state index in [2.05, 4.69) is 5.10 Å². The first-order valence-corrected chi connectivity index (χ1v) is 8.91. The van der Waals surface area contributed by atoms with Gasteiger partial charge in [0.05, 0.1) is 17.8 Å². The van der Waals surface area contributed by atoms with Crippen molar-refractivity contribution in [2.24, 2.45) is 11.7 Å². The summed E-state index contributed by atoms with van der Waals surface area (Å²) in [4.78, 5) is 11.6. The van der Waals surface area contributed by atoms with Gasteiger partial charge in [-0.25, -0.2) is 0 Å². The third-order valence-corrected chi connectivity index (χ3v) is 4.02. The van der Waals surface area contributed by atoms with Gasteiger partial charge in [0.2, 0.25) is 0 Å². The summed E-state index contributed by atoms with van der Waals surface area (Å²) in [5, 5.41) is 3.51. The normalized spacial score (nSPS) is 15.6. The van der Waals surface area contributed by atoms with Gasteiger partial charge in [-0.3, -0.25) is 9.48 Å². The number of Topliss-reactive ketones (excluding diaryl/α,β-unsaturated/α-hetero) is 1. The van der Waals surface area contributed by atoms with Crippen molar-refractivity contribution in [3.05, 3.63) is 35.2 Å². The number of nitrogens with two attached hydrogens (primary N) is 1. The van der Waals surface area contributed by atoms with Gasteiger partial charge in [-0.1, -0.05) is 26.3 Å². The number of hydrogen-bond acceptors (Lipinski definition) is 3. The molecule has 0 saturated carbocycles. The highest BCUT2D eigenvalue weighted by Gasteiger charge is 2.38. The minimum absolute atomic E-state index is 0.172. The predicted molar refractivity (Wildman–Crippen MR) is 97.7 cm³/mol. The number of rotatable bonds is 7. The van der Waals surface area contributed by atoms with Gasteiger partial charge in [-0.2, -0.15) is 31.4 Å². The minimum Gasteiger partial charge on any atom is -0.324 e. The molecule has 1 unspecified atom stereocenters. The smallest absolute Gasteiger partial charge is 0.324 e. The quantitative estimate of drug-likeness (QED) is 0.374. The molecule has 1 aromatic rings. The molecule has 0 aliphatic rings. The van der Waals surface area contributed by atoms with Crippen LogP contribution < -0.4 is 5.73 Å². The number of alkyl halides is 6. The number of aromatic nitrogens is 2. The Morgan fingerprint density at radius 1 is 1.24 bits per heavy atom. The highest BCUT2D eigenvalue weighted by Crippen LogP contribution is 2.34. The number of ketones is 1. The Bertz CT molecular complexity index is 794. The van der Waals surface area contributed by atoms with E-state index in [1.54, 1.807) is 27.7 Å². The molecule has 0 aliphatic heterocycles. The van der Waals surface area contributed by atoms with Crippen LogP contribution in [0.5, 0.6) is 0 Å². The predicted octanol–water partition coefficient (Wildman–Crippen LogP) is 5.15. The first kappa shape index (κ1) is 24.9. The summed E-state index contributed by atoms with van der Waals surface area (Å²) < 4.78 is 80.4. The second kappa shape index (κ2) is 8.73. The zero-order valence-electron chi connectivity index (χ0n) is 16.9. The van der Waals surface area contributed by atoms with Crippen molar-refractivity contribution >= 4 is 11.4 Å². The molecular formula is C19H25F6N3O. The summed E-state index contributed by atoms with van der Waals surface area (Å²) in [6.45, 7) is 7.16. The van der Waals surface area contributed by atoms with Crippen LogP contribution in [0.3, 0.4) is 0 Å². The van der Waals surface area contributed by atoms with Crippen LogP contribution in [0.25, 0.3) is 5.57 Å². The van der Waals surface area contributed by atoms with Gasteiger partial charge in [0, 0.05) is 5.54 Å². The van der Waals surface area contributed by atoms with Crippen molar-refractivity contribution in [2.75, 3.05) is 0 Å². The van der Waals surface area contributed by atoms with Crippen LogP contribution in [0.15, 0.2) is 23.8 Å². The number of allylic oxidation sites excluding steroid dienone is 4. The Morgan fingerprint density at radius 3 is 2.17 bits per heavy atom. The van der Waals surface area contributed by atoms with Crippen LogP contribution in [0, 0.1) is 5.92 Å². The van der Waals surface area contributed by atoms with E-state index in [0.29, 0.717) is 18.6 Å². The average molecular weight is 425 g/mol. The summed E-state index contributed by atoms with van der Waals surface area (Å²) in [7, 11) is 0. The molecule has 2 N–H and O–H groups in total. The van der Waals surface area contributed by atoms with E-state index in [-0.39, 0.29) is 23.7 Å². The average Bonchev–Trinajstić information content (AvgIpc) is 2.91. The fourth-order valence-corrected chi connectivity index (χ4v) is 2.46. The van der Waals surface area contributed by atoms with Crippen LogP contribution >= 0.6 is 0 Å². The molecular weight excluding hydrogens is 400 g/mol. The summed E-state index contributed by atoms with van der Waals surface area (Å²) in [6.07, 6.45) is -7.25. The lowest BCUT2D eigenvalue weighted by Crippen LogP contribution is -2.38. The molecule has 1 atom stereocenters. The lowest BCUT2D eigenvalue weighted by molar-refractivity contribution is -0.141. The van der Waals surface area contributed by atoms with Crippen LogP contribution in [0.2, 0.25) is 0 Å². The van der Waals surface area contributed by atoms with Gasteiger partial charge < -0.3 is 5.73 Å². The second-order valence-electron chi connectivity index (χ2n) is 7.68. The fourth-order valence-electron chi connectivity index (χ4n) is 2.46. The number of carbonyl (C=O) groups excluding carboxylic acids is 1. The van der Waals surface area contributed by atoms with Crippen LogP contribution in [-0.4, -0.2) is 27.3 Å². The van der Waals surface area contributed by atoms with Crippen molar-refractivity contribution in [2.45, 2.75) is 65.5 Å². The maximum atomic E-state index is 13.3. The molecule has 164 valence electrons. The zero-order chi connectivity index (χ0) is 22.8. The molecule has 1 heterocycles. The van der Waals surface area contributed by atoms with Gasteiger partial charge >= 0.3 is 12.4 Å². The van der Waals surface area contributed by atoms with Gasteiger partial charge in [-0.05, 0) is 44.4 Å². The molecule has 4 nitrogen and oxygen atoms in total. The monoisotopic (exact) mass is 425 g/mol. The Labute approximate surface area is 165 Å². The summed E-state index contributed by atoms with van der Waals surface area (Å²) >= 11 is 0. The molecule has 0 spiro atoms. The van der Waals surface area contributed by atoms with E-state index in [9.17, 15) is 31.1 Å². The largest absolute Gasteiger partial charge is 0.435 e. The highest BCUT2D eigenvalue weighted by molar-refractivity contribution is 5.97. The molecule has 29 heavy (non-hydrogen) atoms. The van der Waals surface area contributed by atoms with Gasteiger partial charge in [-0.15, -0.1) is 0 Å². The Balaban J connectivity index is 3.79. The molecule has 0 bridgehead atoms. The third kappa shape index (κ3) is 7.34. The van der Waals surface area contributed by atoms with Crippen LogP contribution in [-0.2, 0) is 17.5 Å². The Hall–Kier alpha value is -2.10. The van der Waals surface area contributed by atoms with Crippen molar-refractivity contribution in [3.63, 3.8) is 0 Å². The summed E-state index contributed by atoms with van der Waals surface area (Å²) in [5.41, 5.74) is 1.83. The van der Waals surface area contributed by atoms with E-state index >= 15 is 0 Å².